The minimum atomic E-state index is -4.53. The van der Waals surface area contributed by atoms with Crippen molar-refractivity contribution >= 4 is 17.5 Å². The van der Waals surface area contributed by atoms with Crippen molar-refractivity contribution in [3.63, 3.8) is 0 Å². The summed E-state index contributed by atoms with van der Waals surface area (Å²) in [6.45, 7) is -0.201. The van der Waals surface area contributed by atoms with Gasteiger partial charge in [-0.25, -0.2) is 9.29 Å². The predicted molar refractivity (Wildman–Crippen MR) is 102 cm³/mol. The molecule has 3 aromatic rings. The molecular weight excluding hydrogens is 448 g/mol. The Kier molecular flexibility index (Phi) is 4.69. The fourth-order valence-electron chi connectivity index (χ4n) is 3.61. The number of imide groups is 1. The van der Waals surface area contributed by atoms with Gasteiger partial charge in [-0.1, -0.05) is 22.5 Å². The first-order chi connectivity index (χ1) is 15.7. The van der Waals surface area contributed by atoms with Crippen molar-refractivity contribution in [2.75, 3.05) is 4.90 Å². The largest absolute Gasteiger partial charge is 0.416 e. The third-order valence-corrected chi connectivity index (χ3v) is 5.16. The Hall–Kier alpha value is -4.16. The van der Waals surface area contributed by atoms with E-state index in [0.29, 0.717) is 0 Å². The van der Waals surface area contributed by atoms with Crippen molar-refractivity contribution in [1.29, 1.82) is 0 Å². The molecule has 0 aliphatic carbocycles. The molecule has 2 aromatic carbocycles. The zero-order valence-electron chi connectivity index (χ0n) is 16.4. The van der Waals surface area contributed by atoms with Crippen molar-refractivity contribution in [3.05, 3.63) is 65.8 Å². The molecule has 2 atom stereocenters. The number of rotatable bonds is 4. The maximum absolute atomic E-state index is 13.2. The lowest BCUT2D eigenvalue weighted by molar-refractivity contribution is -0.137. The molecule has 3 heterocycles. The van der Waals surface area contributed by atoms with E-state index in [4.69, 9.17) is 4.52 Å². The van der Waals surface area contributed by atoms with E-state index < -0.39 is 41.5 Å². The maximum atomic E-state index is 13.2. The molecule has 33 heavy (non-hydrogen) atoms. The van der Waals surface area contributed by atoms with Gasteiger partial charge in [-0.3, -0.25) is 14.6 Å². The number of hydrogen-bond acceptors (Lipinski definition) is 8. The number of aromatic nitrogens is 2. The minimum absolute atomic E-state index is 0.0394. The molecule has 2 aliphatic heterocycles. The number of fused-ring (bicyclic) bond motifs is 1. The van der Waals surface area contributed by atoms with Crippen LogP contribution in [0.1, 0.15) is 11.5 Å². The number of amides is 2. The van der Waals surface area contributed by atoms with Gasteiger partial charge in [0.2, 0.25) is 11.7 Å². The molecule has 0 bridgehead atoms. The van der Waals surface area contributed by atoms with Gasteiger partial charge in [-0.15, -0.1) is 0 Å². The van der Waals surface area contributed by atoms with Crippen LogP contribution in [0, 0.1) is 5.82 Å². The highest BCUT2D eigenvalue weighted by molar-refractivity contribution is 6.25. The van der Waals surface area contributed by atoms with Gasteiger partial charge in [-0.2, -0.15) is 23.3 Å². The van der Waals surface area contributed by atoms with Crippen molar-refractivity contribution < 1.29 is 31.7 Å². The Balaban J connectivity index is 1.35. The van der Waals surface area contributed by atoms with E-state index >= 15 is 0 Å². The van der Waals surface area contributed by atoms with E-state index in [0.717, 1.165) is 29.2 Å². The van der Waals surface area contributed by atoms with Crippen LogP contribution in [0.3, 0.4) is 0 Å². The third-order valence-electron chi connectivity index (χ3n) is 5.16. The number of hydrogen-bond donors (Lipinski definition) is 0. The molecule has 0 N–H and O–H groups in total. The second-order valence-corrected chi connectivity index (χ2v) is 7.27. The van der Waals surface area contributed by atoms with Crippen molar-refractivity contribution in [2.45, 2.75) is 24.8 Å². The van der Waals surface area contributed by atoms with Gasteiger partial charge in [0.1, 0.15) is 12.4 Å². The Labute approximate surface area is 182 Å². The predicted octanol–water partition coefficient (Wildman–Crippen LogP) is 3.39. The second-order valence-electron chi connectivity index (χ2n) is 7.27. The fourth-order valence-corrected chi connectivity index (χ4v) is 3.61. The van der Waals surface area contributed by atoms with Gasteiger partial charge in [0.15, 0.2) is 12.1 Å². The average molecular weight is 460 g/mol. The Morgan fingerprint density at radius 2 is 1.79 bits per heavy atom. The van der Waals surface area contributed by atoms with Gasteiger partial charge in [0, 0.05) is 5.56 Å². The lowest BCUT2D eigenvalue weighted by Crippen LogP contribution is -2.39. The first kappa shape index (κ1) is 20.7. The first-order valence-electron chi connectivity index (χ1n) is 9.53. The van der Waals surface area contributed by atoms with Crippen LogP contribution >= 0.6 is 0 Å². The molecule has 0 unspecified atom stereocenters. The molecule has 1 aromatic heterocycles. The molecule has 1 fully saturated rings. The van der Waals surface area contributed by atoms with Gasteiger partial charge >= 0.3 is 6.18 Å². The summed E-state index contributed by atoms with van der Waals surface area (Å²) in [6.07, 6.45) is -4.53. The number of anilines is 1. The monoisotopic (exact) mass is 460 g/mol. The summed E-state index contributed by atoms with van der Waals surface area (Å²) < 4.78 is 57.2. The molecule has 0 spiro atoms. The van der Waals surface area contributed by atoms with E-state index in [2.05, 4.69) is 20.5 Å². The second kappa shape index (κ2) is 7.46. The number of benzene rings is 2. The van der Waals surface area contributed by atoms with Gasteiger partial charge in [0.25, 0.3) is 11.8 Å². The summed E-state index contributed by atoms with van der Waals surface area (Å²) in [7, 11) is 0. The van der Waals surface area contributed by atoms with Crippen molar-refractivity contribution in [3.8, 4) is 11.4 Å². The third kappa shape index (κ3) is 3.60. The molecule has 13 heteroatoms. The number of carbonyl (C=O) groups is 2. The van der Waals surface area contributed by atoms with Gasteiger partial charge in [-0.05, 0) is 36.4 Å². The molecule has 9 nitrogen and oxygen atoms in total. The van der Waals surface area contributed by atoms with Crippen LogP contribution in [0.15, 0.2) is 63.4 Å². The molecule has 2 amide bonds. The fraction of sp³-hybridized carbons (Fsp3) is 0.200. The van der Waals surface area contributed by atoms with Crippen LogP contribution in [-0.4, -0.2) is 39.0 Å². The Bertz CT molecular complexity index is 1270. The highest BCUT2D eigenvalue weighted by Crippen LogP contribution is 2.34. The Morgan fingerprint density at radius 1 is 1.03 bits per heavy atom. The topological polar surface area (TPSA) is 104 Å². The lowest BCUT2D eigenvalue weighted by Gasteiger charge is -2.19. The van der Waals surface area contributed by atoms with E-state index in [-0.39, 0.29) is 29.5 Å². The van der Waals surface area contributed by atoms with Crippen LogP contribution in [0.4, 0.5) is 23.2 Å². The van der Waals surface area contributed by atoms with Crippen molar-refractivity contribution in [1.82, 2.24) is 15.1 Å². The van der Waals surface area contributed by atoms with Crippen LogP contribution in [-0.2, 0) is 22.3 Å². The molecule has 168 valence electrons. The number of nitrogens with zero attached hydrogens (tertiary/aromatic N) is 6. The van der Waals surface area contributed by atoms with Crippen LogP contribution in [0.25, 0.3) is 11.4 Å². The molecular formula is C20H12F4N6O3. The van der Waals surface area contributed by atoms with Crippen LogP contribution in [0.2, 0.25) is 0 Å². The Morgan fingerprint density at radius 3 is 2.52 bits per heavy atom. The summed E-state index contributed by atoms with van der Waals surface area (Å²) in [5.41, 5.74) is -0.575. The minimum Gasteiger partial charge on any atom is -0.337 e. The molecule has 5 rings (SSSR count). The SMILES string of the molecule is O=C1[C@@H]2[C@@H](N=NN2Cc2nc(-c3cccc(C(F)(F)F)c3)no2)C(=O)N1c1ccc(F)cc1. The highest BCUT2D eigenvalue weighted by atomic mass is 19.4. The first-order valence-corrected chi connectivity index (χ1v) is 9.53. The molecule has 2 aliphatic rings. The van der Waals surface area contributed by atoms with E-state index in [1.807, 2.05) is 0 Å². The molecule has 0 radical (unpaired) electrons. The molecule has 1 saturated heterocycles. The van der Waals surface area contributed by atoms with E-state index in [1.54, 1.807) is 0 Å². The van der Waals surface area contributed by atoms with Crippen molar-refractivity contribution in [2.24, 2.45) is 10.3 Å². The summed E-state index contributed by atoms with van der Waals surface area (Å²) >= 11 is 0. The summed E-state index contributed by atoms with van der Waals surface area (Å²) in [6, 6.07) is 7.12. The zero-order chi connectivity index (χ0) is 23.3. The summed E-state index contributed by atoms with van der Waals surface area (Å²) in [4.78, 5) is 30.6. The number of halogens is 4. The summed E-state index contributed by atoms with van der Waals surface area (Å²) in [5, 5.41) is 12.6. The number of alkyl halides is 3. The van der Waals surface area contributed by atoms with Crippen LogP contribution < -0.4 is 4.90 Å². The smallest absolute Gasteiger partial charge is 0.337 e. The van der Waals surface area contributed by atoms with Gasteiger partial charge < -0.3 is 4.52 Å². The summed E-state index contributed by atoms with van der Waals surface area (Å²) in [5.74, 6) is -1.86. The van der Waals surface area contributed by atoms with E-state index in [9.17, 15) is 27.2 Å². The zero-order valence-corrected chi connectivity index (χ0v) is 16.4. The van der Waals surface area contributed by atoms with Crippen LogP contribution in [0.5, 0.6) is 0 Å². The number of carbonyl (C=O) groups excluding carboxylic acids is 2. The normalized spacial score (nSPS) is 20.1. The van der Waals surface area contributed by atoms with Gasteiger partial charge in [0.05, 0.1) is 11.3 Å². The standard InChI is InChI=1S/C20H12F4N6O3/c21-12-4-6-13(7-5-12)30-18(31)15-16(19(30)32)29(28-26-15)9-14-25-17(27-33-14)10-2-1-3-11(8-10)20(22,23)24/h1-8,15-16H,9H2/t15-,16+/m1/s1. The maximum Gasteiger partial charge on any atom is 0.416 e. The van der Waals surface area contributed by atoms with E-state index in [1.165, 1.54) is 29.3 Å². The lowest BCUT2D eigenvalue weighted by atomic mass is 10.1. The average Bonchev–Trinajstić information content (AvgIpc) is 3.47. The quantitative estimate of drug-likeness (QED) is 0.437. The highest BCUT2D eigenvalue weighted by Gasteiger charge is 2.55. The molecule has 0 saturated carbocycles.